The van der Waals surface area contributed by atoms with Crippen LogP contribution in [0.1, 0.15) is 12.0 Å². The Morgan fingerprint density at radius 2 is 2.00 bits per heavy atom. The average molecular weight is 287 g/mol. The molecule has 0 saturated carbocycles. The second-order valence-electron chi connectivity index (χ2n) is 4.22. The normalized spacial score (nSPS) is 15.2. The van der Waals surface area contributed by atoms with Crippen LogP contribution in [0.4, 0.5) is 13.2 Å². The molecule has 0 spiro atoms. The molecule has 0 radical (unpaired) electrons. The number of nitrogens with zero attached hydrogens (tertiary/aromatic N) is 2. The molecule has 1 aliphatic rings. The maximum atomic E-state index is 12.0. The first kappa shape index (κ1) is 14.2. The summed E-state index contributed by atoms with van der Waals surface area (Å²) in [4.78, 5) is 10.8. The summed E-state index contributed by atoms with van der Waals surface area (Å²) in [5.74, 6) is -0.766. The molecule has 2 rings (SSSR count). The molecular weight excluding hydrogens is 275 g/mol. The number of alkyl halides is 3. The SMILES string of the molecule is NC(=O)CN1CCC(c2ccc(OC(F)(F)F)cc2)=N1. The minimum Gasteiger partial charge on any atom is -0.406 e. The van der Waals surface area contributed by atoms with Crippen LogP contribution >= 0.6 is 0 Å². The van der Waals surface area contributed by atoms with Gasteiger partial charge in [-0.25, -0.2) is 0 Å². The second-order valence-corrected chi connectivity index (χ2v) is 4.22. The number of nitrogens with two attached hydrogens (primary N) is 1. The number of primary amides is 1. The molecule has 1 amide bonds. The summed E-state index contributed by atoms with van der Waals surface area (Å²) in [6, 6.07) is 5.44. The molecule has 0 fully saturated rings. The van der Waals surface area contributed by atoms with Crippen LogP contribution in [0.25, 0.3) is 0 Å². The van der Waals surface area contributed by atoms with E-state index in [0.717, 1.165) is 0 Å². The lowest BCUT2D eigenvalue weighted by Crippen LogP contribution is -2.28. The maximum absolute atomic E-state index is 12.0. The van der Waals surface area contributed by atoms with Crippen molar-refractivity contribution in [2.45, 2.75) is 12.8 Å². The molecule has 20 heavy (non-hydrogen) atoms. The molecule has 0 atom stereocenters. The highest BCUT2D eigenvalue weighted by molar-refractivity contribution is 6.01. The van der Waals surface area contributed by atoms with Gasteiger partial charge in [-0.15, -0.1) is 13.2 Å². The van der Waals surface area contributed by atoms with Crippen LogP contribution in [-0.4, -0.2) is 36.1 Å². The van der Waals surface area contributed by atoms with E-state index < -0.39 is 12.3 Å². The largest absolute Gasteiger partial charge is 0.573 e. The van der Waals surface area contributed by atoms with Crippen molar-refractivity contribution in [2.75, 3.05) is 13.1 Å². The molecule has 1 heterocycles. The van der Waals surface area contributed by atoms with E-state index in [0.29, 0.717) is 24.2 Å². The smallest absolute Gasteiger partial charge is 0.406 e. The molecular formula is C12H12F3N3O2. The van der Waals surface area contributed by atoms with Crippen molar-refractivity contribution in [3.63, 3.8) is 0 Å². The van der Waals surface area contributed by atoms with Crippen molar-refractivity contribution < 1.29 is 22.7 Å². The van der Waals surface area contributed by atoms with Crippen molar-refractivity contribution >= 4 is 11.6 Å². The van der Waals surface area contributed by atoms with Crippen LogP contribution < -0.4 is 10.5 Å². The molecule has 1 aliphatic heterocycles. The van der Waals surface area contributed by atoms with Crippen molar-refractivity contribution in [3.05, 3.63) is 29.8 Å². The van der Waals surface area contributed by atoms with Crippen LogP contribution in [0.2, 0.25) is 0 Å². The van der Waals surface area contributed by atoms with E-state index in [1.54, 1.807) is 0 Å². The van der Waals surface area contributed by atoms with Gasteiger partial charge in [0.05, 0.1) is 5.71 Å². The molecule has 1 aromatic carbocycles. The number of rotatable bonds is 4. The number of carbonyl (C=O) groups excluding carboxylic acids is 1. The lowest BCUT2D eigenvalue weighted by molar-refractivity contribution is -0.274. The molecule has 2 N–H and O–H groups in total. The Bertz CT molecular complexity index is 526. The Hall–Kier alpha value is -2.25. The maximum Gasteiger partial charge on any atom is 0.573 e. The van der Waals surface area contributed by atoms with Gasteiger partial charge in [0.15, 0.2) is 0 Å². The van der Waals surface area contributed by atoms with Crippen molar-refractivity contribution in [1.29, 1.82) is 0 Å². The Morgan fingerprint density at radius 3 is 2.55 bits per heavy atom. The molecule has 8 heteroatoms. The van der Waals surface area contributed by atoms with Gasteiger partial charge < -0.3 is 10.5 Å². The summed E-state index contributed by atoms with van der Waals surface area (Å²) >= 11 is 0. The molecule has 0 aromatic heterocycles. The summed E-state index contributed by atoms with van der Waals surface area (Å²) < 4.78 is 39.8. The van der Waals surface area contributed by atoms with Gasteiger partial charge in [-0.3, -0.25) is 9.80 Å². The van der Waals surface area contributed by atoms with E-state index in [4.69, 9.17) is 5.73 Å². The molecule has 0 bridgehead atoms. The van der Waals surface area contributed by atoms with Gasteiger partial charge in [0, 0.05) is 13.0 Å². The quantitative estimate of drug-likeness (QED) is 0.912. The number of benzene rings is 1. The fourth-order valence-corrected chi connectivity index (χ4v) is 1.85. The number of hydrogen-bond acceptors (Lipinski definition) is 4. The zero-order chi connectivity index (χ0) is 14.8. The van der Waals surface area contributed by atoms with E-state index in [1.165, 1.54) is 29.3 Å². The Balaban J connectivity index is 2.05. The van der Waals surface area contributed by atoms with Gasteiger partial charge in [-0.2, -0.15) is 5.10 Å². The minimum absolute atomic E-state index is 0.0266. The fourth-order valence-electron chi connectivity index (χ4n) is 1.85. The van der Waals surface area contributed by atoms with Gasteiger partial charge >= 0.3 is 6.36 Å². The third-order valence-electron chi connectivity index (χ3n) is 2.63. The number of halogens is 3. The van der Waals surface area contributed by atoms with Crippen LogP contribution in [0, 0.1) is 0 Å². The molecule has 5 nitrogen and oxygen atoms in total. The van der Waals surface area contributed by atoms with E-state index in [-0.39, 0.29) is 12.3 Å². The summed E-state index contributed by atoms with van der Waals surface area (Å²) in [6.45, 7) is 0.581. The molecule has 0 unspecified atom stereocenters. The standard InChI is InChI=1S/C12H12F3N3O2/c13-12(14,15)20-9-3-1-8(2-4-9)10-5-6-18(17-10)7-11(16)19/h1-4H,5-7H2,(H2,16,19). The number of carbonyl (C=O) groups is 1. The number of hydrazone groups is 1. The zero-order valence-electron chi connectivity index (χ0n) is 10.4. The second kappa shape index (κ2) is 5.40. The topological polar surface area (TPSA) is 67.9 Å². The van der Waals surface area contributed by atoms with Gasteiger partial charge in [0.2, 0.25) is 5.91 Å². The zero-order valence-corrected chi connectivity index (χ0v) is 10.4. The first-order valence-corrected chi connectivity index (χ1v) is 5.80. The van der Waals surface area contributed by atoms with E-state index >= 15 is 0 Å². The van der Waals surface area contributed by atoms with Crippen LogP contribution in [0.5, 0.6) is 5.75 Å². The highest BCUT2D eigenvalue weighted by Gasteiger charge is 2.31. The van der Waals surface area contributed by atoms with E-state index in [9.17, 15) is 18.0 Å². The highest BCUT2D eigenvalue weighted by Crippen LogP contribution is 2.23. The number of ether oxygens (including phenoxy) is 1. The Labute approximate surface area is 112 Å². The molecule has 1 aromatic rings. The first-order valence-electron chi connectivity index (χ1n) is 5.80. The van der Waals surface area contributed by atoms with Crippen LogP contribution in [0.3, 0.4) is 0 Å². The van der Waals surface area contributed by atoms with Gasteiger partial charge in [-0.1, -0.05) is 0 Å². The fraction of sp³-hybridized carbons (Fsp3) is 0.333. The average Bonchev–Trinajstić information content (AvgIpc) is 2.75. The summed E-state index contributed by atoms with van der Waals surface area (Å²) in [5.41, 5.74) is 6.45. The molecule has 108 valence electrons. The summed E-state index contributed by atoms with van der Waals surface area (Å²) in [6.07, 6.45) is -4.10. The minimum atomic E-state index is -4.70. The monoisotopic (exact) mass is 287 g/mol. The van der Waals surface area contributed by atoms with Crippen molar-refractivity contribution in [1.82, 2.24) is 5.01 Å². The molecule has 0 aliphatic carbocycles. The van der Waals surface area contributed by atoms with Crippen LogP contribution in [0.15, 0.2) is 29.4 Å². The van der Waals surface area contributed by atoms with Crippen LogP contribution in [-0.2, 0) is 4.79 Å². The predicted molar refractivity (Wildman–Crippen MR) is 65.0 cm³/mol. The van der Waals surface area contributed by atoms with Gasteiger partial charge in [-0.05, 0) is 29.8 Å². The van der Waals surface area contributed by atoms with E-state index in [1.807, 2.05) is 0 Å². The van der Waals surface area contributed by atoms with Gasteiger partial charge in [0.1, 0.15) is 12.3 Å². The van der Waals surface area contributed by atoms with Crippen molar-refractivity contribution in [2.24, 2.45) is 10.8 Å². The Morgan fingerprint density at radius 1 is 1.35 bits per heavy atom. The Kier molecular flexibility index (Phi) is 3.82. The highest BCUT2D eigenvalue weighted by atomic mass is 19.4. The summed E-state index contributed by atoms with van der Waals surface area (Å²) in [5, 5.41) is 5.71. The number of hydrogen-bond donors (Lipinski definition) is 1. The van der Waals surface area contributed by atoms with Gasteiger partial charge in [0.25, 0.3) is 0 Å². The lowest BCUT2D eigenvalue weighted by Gasteiger charge is -2.09. The molecule has 0 saturated heterocycles. The van der Waals surface area contributed by atoms with Crippen molar-refractivity contribution in [3.8, 4) is 5.75 Å². The van der Waals surface area contributed by atoms with E-state index in [2.05, 4.69) is 9.84 Å². The first-order chi connectivity index (χ1) is 9.33. The summed E-state index contributed by atoms with van der Waals surface area (Å²) in [7, 11) is 0. The third kappa shape index (κ3) is 3.87. The lowest BCUT2D eigenvalue weighted by atomic mass is 10.1. The number of amides is 1. The predicted octanol–water partition coefficient (Wildman–Crippen LogP) is 1.48. The third-order valence-corrected chi connectivity index (χ3v) is 2.63.